The van der Waals surface area contributed by atoms with Crippen LogP contribution in [0.2, 0.25) is 0 Å². The van der Waals surface area contributed by atoms with Crippen molar-refractivity contribution in [3.05, 3.63) is 36.7 Å². The van der Waals surface area contributed by atoms with Gasteiger partial charge in [0.2, 0.25) is 0 Å². The molecule has 0 bridgehead atoms. The Hall–Kier alpha value is -1.31. The molecule has 1 heterocycles. The number of aryl methyl sites for hydroxylation is 1. The van der Waals surface area contributed by atoms with E-state index < -0.39 is 0 Å². The molecule has 0 saturated heterocycles. The summed E-state index contributed by atoms with van der Waals surface area (Å²) in [6.07, 6.45) is 7.35. The summed E-state index contributed by atoms with van der Waals surface area (Å²) in [5.41, 5.74) is 1.08. The van der Waals surface area contributed by atoms with Gasteiger partial charge in [0, 0.05) is 13.2 Å². The Morgan fingerprint density at radius 1 is 1.70 bits per heavy atom. The monoisotopic (exact) mass is 134 g/mol. The molecule has 2 heteroatoms. The summed E-state index contributed by atoms with van der Waals surface area (Å²) in [6.45, 7) is 3.57. The third-order valence-electron chi connectivity index (χ3n) is 1.26. The van der Waals surface area contributed by atoms with Crippen LogP contribution in [0.25, 0.3) is 6.08 Å². The van der Waals surface area contributed by atoms with Gasteiger partial charge in [-0.15, -0.1) is 0 Å². The van der Waals surface area contributed by atoms with Crippen LogP contribution in [0, 0.1) is 0 Å². The molecule has 0 spiro atoms. The number of allylic oxidation sites excluding steroid dienone is 2. The first-order chi connectivity index (χ1) is 4.84. The molecule has 0 aromatic carbocycles. The van der Waals surface area contributed by atoms with Gasteiger partial charge >= 0.3 is 0 Å². The molecule has 52 valence electrons. The van der Waals surface area contributed by atoms with E-state index in [2.05, 4.69) is 11.7 Å². The fraction of sp³-hybridized carbons (Fsp3) is 0.125. The van der Waals surface area contributed by atoms with Crippen molar-refractivity contribution >= 4 is 6.08 Å². The van der Waals surface area contributed by atoms with Gasteiger partial charge in [0.15, 0.2) is 0 Å². The van der Waals surface area contributed by atoms with Crippen LogP contribution in [0.4, 0.5) is 0 Å². The lowest BCUT2D eigenvalue weighted by molar-refractivity contribution is 0.759. The lowest BCUT2D eigenvalue weighted by Gasteiger charge is -1.90. The van der Waals surface area contributed by atoms with E-state index in [4.69, 9.17) is 0 Å². The van der Waals surface area contributed by atoms with Crippen molar-refractivity contribution in [1.82, 2.24) is 9.78 Å². The smallest absolute Gasteiger partial charge is 0.0606 e. The van der Waals surface area contributed by atoms with Crippen molar-refractivity contribution in [1.29, 1.82) is 0 Å². The van der Waals surface area contributed by atoms with E-state index in [0.717, 1.165) is 5.69 Å². The van der Waals surface area contributed by atoms with Crippen LogP contribution in [0.15, 0.2) is 31.0 Å². The Kier molecular flexibility index (Phi) is 2.05. The second kappa shape index (κ2) is 3.01. The molecule has 10 heavy (non-hydrogen) atoms. The zero-order valence-electron chi connectivity index (χ0n) is 5.99. The SMILES string of the molecule is C=C/C=C\c1ccnn1C. The summed E-state index contributed by atoms with van der Waals surface area (Å²) >= 11 is 0. The average Bonchev–Trinajstić information content (AvgIpc) is 2.31. The maximum Gasteiger partial charge on any atom is 0.0606 e. The first-order valence-corrected chi connectivity index (χ1v) is 3.11. The lowest BCUT2D eigenvalue weighted by atomic mass is 10.4. The van der Waals surface area contributed by atoms with Gasteiger partial charge in [0.25, 0.3) is 0 Å². The highest BCUT2D eigenvalue weighted by atomic mass is 15.2. The van der Waals surface area contributed by atoms with Crippen molar-refractivity contribution in [2.45, 2.75) is 0 Å². The number of rotatable bonds is 2. The van der Waals surface area contributed by atoms with Crippen LogP contribution < -0.4 is 0 Å². The van der Waals surface area contributed by atoms with Crippen LogP contribution in [0.3, 0.4) is 0 Å². The normalized spacial score (nSPS) is 10.5. The first kappa shape index (κ1) is 6.81. The summed E-state index contributed by atoms with van der Waals surface area (Å²) in [5, 5.41) is 4.00. The van der Waals surface area contributed by atoms with Crippen LogP contribution in [-0.4, -0.2) is 9.78 Å². The summed E-state index contributed by atoms with van der Waals surface area (Å²) in [7, 11) is 1.91. The topological polar surface area (TPSA) is 17.8 Å². The van der Waals surface area contributed by atoms with E-state index in [-0.39, 0.29) is 0 Å². The molecule has 0 aliphatic rings. The Bertz CT molecular complexity index is 246. The average molecular weight is 134 g/mol. The Morgan fingerprint density at radius 3 is 3.00 bits per heavy atom. The molecule has 0 saturated carbocycles. The molecular weight excluding hydrogens is 124 g/mol. The van der Waals surface area contributed by atoms with Crippen molar-refractivity contribution in [2.75, 3.05) is 0 Å². The first-order valence-electron chi connectivity index (χ1n) is 3.11. The predicted octanol–water partition coefficient (Wildman–Crippen LogP) is 1.62. The van der Waals surface area contributed by atoms with Gasteiger partial charge in [0.1, 0.15) is 0 Å². The molecule has 0 aliphatic heterocycles. The van der Waals surface area contributed by atoms with E-state index in [1.807, 2.05) is 25.3 Å². The van der Waals surface area contributed by atoms with Crippen LogP contribution >= 0.6 is 0 Å². The molecule has 1 aromatic rings. The Balaban J connectivity index is 2.83. The molecule has 0 atom stereocenters. The molecule has 0 N–H and O–H groups in total. The van der Waals surface area contributed by atoms with Crippen LogP contribution in [0.5, 0.6) is 0 Å². The molecule has 1 rings (SSSR count). The number of hydrogen-bond donors (Lipinski definition) is 0. The second-order valence-corrected chi connectivity index (χ2v) is 1.97. The maximum atomic E-state index is 4.00. The van der Waals surface area contributed by atoms with Gasteiger partial charge in [0.05, 0.1) is 5.69 Å². The van der Waals surface area contributed by atoms with Crippen molar-refractivity contribution in [3.8, 4) is 0 Å². The molecule has 0 aliphatic carbocycles. The zero-order chi connectivity index (χ0) is 7.40. The standard InChI is InChI=1S/C8H10N2/c1-3-4-5-8-6-7-9-10(8)2/h3-7H,1H2,2H3/b5-4-. The van der Waals surface area contributed by atoms with E-state index >= 15 is 0 Å². The van der Waals surface area contributed by atoms with Crippen molar-refractivity contribution in [2.24, 2.45) is 7.05 Å². The summed E-state index contributed by atoms with van der Waals surface area (Å²) < 4.78 is 1.81. The quantitative estimate of drug-likeness (QED) is 0.562. The number of nitrogens with zero attached hydrogens (tertiary/aromatic N) is 2. The van der Waals surface area contributed by atoms with Gasteiger partial charge in [-0.25, -0.2) is 0 Å². The van der Waals surface area contributed by atoms with Crippen molar-refractivity contribution < 1.29 is 0 Å². The van der Waals surface area contributed by atoms with Gasteiger partial charge in [-0.1, -0.05) is 18.7 Å². The van der Waals surface area contributed by atoms with E-state index in [9.17, 15) is 0 Å². The predicted molar refractivity (Wildman–Crippen MR) is 42.4 cm³/mol. The fourth-order valence-corrected chi connectivity index (χ4v) is 0.714. The minimum Gasteiger partial charge on any atom is -0.269 e. The second-order valence-electron chi connectivity index (χ2n) is 1.97. The van der Waals surface area contributed by atoms with Gasteiger partial charge in [-0.05, 0) is 12.1 Å². The molecule has 0 unspecified atom stereocenters. The van der Waals surface area contributed by atoms with Crippen LogP contribution in [-0.2, 0) is 7.05 Å². The van der Waals surface area contributed by atoms with Gasteiger partial charge in [-0.2, -0.15) is 5.10 Å². The summed E-state index contributed by atoms with van der Waals surface area (Å²) in [4.78, 5) is 0. The van der Waals surface area contributed by atoms with E-state index in [1.165, 1.54) is 0 Å². The highest BCUT2D eigenvalue weighted by Crippen LogP contribution is 1.98. The number of aromatic nitrogens is 2. The van der Waals surface area contributed by atoms with Crippen LogP contribution in [0.1, 0.15) is 5.69 Å². The minimum atomic E-state index is 1.08. The summed E-state index contributed by atoms with van der Waals surface area (Å²) in [5.74, 6) is 0. The molecular formula is C8H10N2. The molecule has 0 amide bonds. The molecule has 2 nitrogen and oxygen atoms in total. The summed E-state index contributed by atoms with van der Waals surface area (Å²) in [6, 6.07) is 1.94. The lowest BCUT2D eigenvalue weighted by Crippen LogP contribution is -1.91. The highest BCUT2D eigenvalue weighted by molar-refractivity contribution is 5.46. The van der Waals surface area contributed by atoms with E-state index in [1.54, 1.807) is 17.0 Å². The maximum absolute atomic E-state index is 4.00. The Morgan fingerprint density at radius 2 is 2.50 bits per heavy atom. The van der Waals surface area contributed by atoms with Gasteiger partial charge in [-0.3, -0.25) is 4.68 Å². The van der Waals surface area contributed by atoms with Crippen molar-refractivity contribution in [3.63, 3.8) is 0 Å². The highest BCUT2D eigenvalue weighted by Gasteiger charge is 1.88. The molecule has 0 radical (unpaired) electrons. The fourth-order valence-electron chi connectivity index (χ4n) is 0.714. The van der Waals surface area contributed by atoms with Gasteiger partial charge < -0.3 is 0 Å². The zero-order valence-corrected chi connectivity index (χ0v) is 5.99. The third-order valence-corrected chi connectivity index (χ3v) is 1.26. The minimum absolute atomic E-state index is 1.08. The number of hydrogen-bond acceptors (Lipinski definition) is 1. The molecule has 1 aromatic heterocycles. The van der Waals surface area contributed by atoms with E-state index in [0.29, 0.717) is 0 Å². The third kappa shape index (κ3) is 1.35. The largest absolute Gasteiger partial charge is 0.269 e. The molecule has 0 fully saturated rings. The Labute approximate surface area is 60.5 Å².